The van der Waals surface area contributed by atoms with Crippen molar-refractivity contribution in [3.63, 3.8) is 0 Å². The lowest BCUT2D eigenvalue weighted by molar-refractivity contribution is -0.117. The first-order chi connectivity index (χ1) is 6.06. The fourth-order valence-corrected chi connectivity index (χ4v) is 1.44. The van der Waals surface area contributed by atoms with Crippen LogP contribution in [0.1, 0.15) is 46.5 Å². The zero-order chi connectivity index (χ0) is 10.3. The van der Waals surface area contributed by atoms with Gasteiger partial charge in [0.25, 0.3) is 0 Å². The summed E-state index contributed by atoms with van der Waals surface area (Å²) in [5.74, 6) is 0.946. The summed E-state index contributed by atoms with van der Waals surface area (Å²) in [5, 5.41) is 0. The summed E-state index contributed by atoms with van der Waals surface area (Å²) in [6.07, 6.45) is 4.08. The number of methoxy groups -OCH3 is 1. The summed E-state index contributed by atoms with van der Waals surface area (Å²) in [4.78, 5) is 10.7. The van der Waals surface area contributed by atoms with Crippen molar-refractivity contribution in [3.05, 3.63) is 0 Å². The molecule has 1 unspecified atom stereocenters. The van der Waals surface area contributed by atoms with Crippen LogP contribution in [-0.4, -0.2) is 19.0 Å². The van der Waals surface area contributed by atoms with Crippen molar-refractivity contribution in [2.45, 2.75) is 52.6 Å². The van der Waals surface area contributed by atoms with E-state index < -0.39 is 0 Å². The Bertz CT molecular complexity index is 141. The summed E-state index contributed by atoms with van der Waals surface area (Å²) in [7, 11) is 1.75. The van der Waals surface area contributed by atoms with Crippen LogP contribution < -0.4 is 0 Å². The second kappa shape index (κ2) is 7.07. The third kappa shape index (κ3) is 7.97. The van der Waals surface area contributed by atoms with Crippen molar-refractivity contribution >= 4 is 5.78 Å². The molecule has 0 fully saturated rings. The number of ether oxygens (including phenoxy) is 1. The largest absolute Gasteiger partial charge is 0.381 e. The van der Waals surface area contributed by atoms with E-state index in [1.807, 2.05) is 0 Å². The maximum absolute atomic E-state index is 10.7. The number of hydrogen-bond donors (Lipinski definition) is 0. The predicted molar refractivity (Wildman–Crippen MR) is 54.8 cm³/mol. The Morgan fingerprint density at radius 1 is 1.38 bits per heavy atom. The van der Waals surface area contributed by atoms with E-state index >= 15 is 0 Å². The smallest absolute Gasteiger partial charge is 0.129 e. The van der Waals surface area contributed by atoms with Gasteiger partial charge in [0.05, 0.1) is 6.10 Å². The van der Waals surface area contributed by atoms with Gasteiger partial charge in [-0.05, 0) is 32.1 Å². The Morgan fingerprint density at radius 3 is 2.38 bits per heavy atom. The standard InChI is InChI=1S/C11H22O2/c1-9(2)8-11(13-4)7-5-6-10(3)12/h9,11H,5-8H2,1-4H3. The van der Waals surface area contributed by atoms with E-state index in [-0.39, 0.29) is 5.78 Å². The number of hydrogen-bond acceptors (Lipinski definition) is 2. The van der Waals surface area contributed by atoms with Crippen molar-refractivity contribution < 1.29 is 9.53 Å². The maximum Gasteiger partial charge on any atom is 0.129 e. The molecular weight excluding hydrogens is 164 g/mol. The minimum Gasteiger partial charge on any atom is -0.381 e. The van der Waals surface area contributed by atoms with Gasteiger partial charge in [0.2, 0.25) is 0 Å². The highest BCUT2D eigenvalue weighted by Gasteiger charge is 2.09. The monoisotopic (exact) mass is 186 g/mol. The molecule has 0 amide bonds. The minimum absolute atomic E-state index is 0.277. The van der Waals surface area contributed by atoms with Crippen molar-refractivity contribution in [3.8, 4) is 0 Å². The first-order valence-electron chi connectivity index (χ1n) is 5.08. The number of carbonyl (C=O) groups is 1. The van der Waals surface area contributed by atoms with Crippen molar-refractivity contribution in [1.82, 2.24) is 0 Å². The molecule has 0 aromatic heterocycles. The molecule has 2 nitrogen and oxygen atoms in total. The average molecular weight is 186 g/mol. The lowest BCUT2D eigenvalue weighted by atomic mass is 10.0. The minimum atomic E-state index is 0.277. The Hall–Kier alpha value is -0.370. The third-order valence-corrected chi connectivity index (χ3v) is 2.12. The van der Waals surface area contributed by atoms with E-state index in [9.17, 15) is 4.79 Å². The average Bonchev–Trinajstić information content (AvgIpc) is 2.01. The number of ketones is 1. The van der Waals surface area contributed by atoms with Crippen LogP contribution in [0.5, 0.6) is 0 Å². The molecule has 0 N–H and O–H groups in total. The Morgan fingerprint density at radius 2 is 2.00 bits per heavy atom. The summed E-state index contributed by atoms with van der Waals surface area (Å²) >= 11 is 0. The van der Waals surface area contributed by atoms with Gasteiger partial charge in [-0.3, -0.25) is 0 Å². The molecule has 1 atom stereocenters. The SMILES string of the molecule is COC(CCCC(C)=O)CC(C)C. The molecule has 0 heterocycles. The summed E-state index contributed by atoms with van der Waals surface area (Å²) in [5.41, 5.74) is 0. The fourth-order valence-electron chi connectivity index (χ4n) is 1.44. The maximum atomic E-state index is 10.7. The molecule has 2 heteroatoms. The lowest BCUT2D eigenvalue weighted by Gasteiger charge is -2.16. The molecule has 0 aliphatic carbocycles. The van der Waals surface area contributed by atoms with E-state index in [1.54, 1.807) is 14.0 Å². The van der Waals surface area contributed by atoms with Gasteiger partial charge in [-0.15, -0.1) is 0 Å². The first kappa shape index (κ1) is 12.6. The summed E-state index contributed by atoms with van der Waals surface area (Å²) in [6, 6.07) is 0. The van der Waals surface area contributed by atoms with Gasteiger partial charge >= 0.3 is 0 Å². The molecule has 0 saturated carbocycles. The Labute approximate surface area is 81.7 Å². The molecule has 0 spiro atoms. The first-order valence-corrected chi connectivity index (χ1v) is 5.08. The van der Waals surface area contributed by atoms with Crippen LogP contribution in [0.4, 0.5) is 0 Å². The summed E-state index contributed by atoms with van der Waals surface area (Å²) < 4.78 is 5.33. The van der Waals surface area contributed by atoms with Crippen LogP contribution in [-0.2, 0) is 9.53 Å². The van der Waals surface area contributed by atoms with Crippen molar-refractivity contribution in [2.75, 3.05) is 7.11 Å². The van der Waals surface area contributed by atoms with E-state index in [4.69, 9.17) is 4.74 Å². The Kier molecular flexibility index (Phi) is 6.87. The molecule has 0 rings (SSSR count). The van der Waals surface area contributed by atoms with Gasteiger partial charge in [-0.1, -0.05) is 13.8 Å². The molecule has 0 aromatic rings. The molecule has 0 aromatic carbocycles. The summed E-state index contributed by atoms with van der Waals surface area (Å²) in [6.45, 7) is 6.03. The molecule has 13 heavy (non-hydrogen) atoms. The van der Waals surface area contributed by atoms with Gasteiger partial charge in [-0.2, -0.15) is 0 Å². The zero-order valence-corrected chi connectivity index (χ0v) is 9.30. The zero-order valence-electron chi connectivity index (χ0n) is 9.30. The molecular formula is C11H22O2. The highest BCUT2D eigenvalue weighted by atomic mass is 16.5. The van der Waals surface area contributed by atoms with Crippen LogP contribution >= 0.6 is 0 Å². The highest BCUT2D eigenvalue weighted by Crippen LogP contribution is 2.13. The van der Waals surface area contributed by atoms with E-state index in [1.165, 1.54) is 0 Å². The Balaban J connectivity index is 3.53. The van der Waals surface area contributed by atoms with Gasteiger partial charge in [-0.25, -0.2) is 0 Å². The van der Waals surface area contributed by atoms with E-state index in [0.717, 1.165) is 19.3 Å². The number of rotatable bonds is 7. The molecule has 0 aliphatic rings. The number of Topliss-reactive ketones (excluding diaryl/α,β-unsaturated/α-hetero) is 1. The van der Waals surface area contributed by atoms with Gasteiger partial charge in [0, 0.05) is 13.5 Å². The van der Waals surface area contributed by atoms with Crippen molar-refractivity contribution in [2.24, 2.45) is 5.92 Å². The van der Waals surface area contributed by atoms with Gasteiger partial charge < -0.3 is 9.53 Å². The third-order valence-electron chi connectivity index (χ3n) is 2.12. The van der Waals surface area contributed by atoms with Crippen molar-refractivity contribution in [1.29, 1.82) is 0 Å². The predicted octanol–water partition coefficient (Wildman–Crippen LogP) is 2.81. The molecule has 0 radical (unpaired) electrons. The second-order valence-corrected chi connectivity index (χ2v) is 4.08. The van der Waals surface area contributed by atoms with Crippen LogP contribution in [0.25, 0.3) is 0 Å². The lowest BCUT2D eigenvalue weighted by Crippen LogP contribution is -2.13. The second-order valence-electron chi connectivity index (χ2n) is 4.08. The fraction of sp³-hybridized carbons (Fsp3) is 0.909. The van der Waals surface area contributed by atoms with Crippen LogP contribution in [0.2, 0.25) is 0 Å². The molecule has 0 aliphatic heterocycles. The molecule has 0 bridgehead atoms. The molecule has 78 valence electrons. The van der Waals surface area contributed by atoms with Gasteiger partial charge in [0.1, 0.15) is 5.78 Å². The number of carbonyl (C=O) groups excluding carboxylic acids is 1. The van der Waals surface area contributed by atoms with Crippen LogP contribution in [0.3, 0.4) is 0 Å². The van der Waals surface area contributed by atoms with E-state index in [2.05, 4.69) is 13.8 Å². The quantitative estimate of drug-likeness (QED) is 0.611. The van der Waals surface area contributed by atoms with E-state index in [0.29, 0.717) is 18.4 Å². The molecule has 0 saturated heterocycles. The normalized spacial score (nSPS) is 13.3. The topological polar surface area (TPSA) is 26.3 Å². The highest BCUT2D eigenvalue weighted by molar-refractivity contribution is 5.75. The van der Waals surface area contributed by atoms with Gasteiger partial charge in [0.15, 0.2) is 0 Å². The van der Waals surface area contributed by atoms with Crippen LogP contribution in [0, 0.1) is 5.92 Å². The van der Waals surface area contributed by atoms with Crippen LogP contribution in [0.15, 0.2) is 0 Å².